The first-order chi connectivity index (χ1) is 9.02. The molecular weight excluding hydrogens is 232 g/mol. The quantitative estimate of drug-likeness (QED) is 0.573. The number of hydrogen-bond acceptors (Lipinski definition) is 2. The molecule has 1 atom stereocenters. The Morgan fingerprint density at radius 3 is 1.74 bits per heavy atom. The highest BCUT2D eigenvalue weighted by atomic mass is 15.2. The molecule has 0 amide bonds. The van der Waals surface area contributed by atoms with Crippen LogP contribution in [0.3, 0.4) is 0 Å². The lowest BCUT2D eigenvalue weighted by molar-refractivity contribution is 0.146. The third kappa shape index (κ3) is 9.45. The van der Waals surface area contributed by atoms with Gasteiger partial charge < -0.3 is 5.32 Å². The van der Waals surface area contributed by atoms with Crippen LogP contribution in [0, 0.1) is 11.8 Å². The molecule has 2 nitrogen and oxygen atoms in total. The molecule has 0 heterocycles. The number of rotatable bonds is 12. The van der Waals surface area contributed by atoms with Gasteiger partial charge in [-0.05, 0) is 44.3 Å². The average Bonchev–Trinajstić information content (AvgIpc) is 2.35. The summed E-state index contributed by atoms with van der Waals surface area (Å²) in [7, 11) is 0. The van der Waals surface area contributed by atoms with Crippen LogP contribution in [0.1, 0.15) is 67.2 Å². The minimum atomic E-state index is 0.692. The van der Waals surface area contributed by atoms with Crippen molar-refractivity contribution in [3.63, 3.8) is 0 Å². The van der Waals surface area contributed by atoms with Gasteiger partial charge in [-0.1, -0.05) is 54.4 Å². The van der Waals surface area contributed by atoms with E-state index < -0.39 is 0 Å². The second-order valence-electron chi connectivity index (χ2n) is 6.61. The molecule has 1 N–H and O–H groups in total. The molecule has 0 rings (SSSR count). The molecule has 0 aromatic carbocycles. The molecule has 0 saturated heterocycles. The predicted molar refractivity (Wildman–Crippen MR) is 87.7 cm³/mol. The van der Waals surface area contributed by atoms with Gasteiger partial charge in [0.15, 0.2) is 0 Å². The number of nitrogens with zero attached hydrogens (tertiary/aromatic N) is 1. The van der Waals surface area contributed by atoms with Crippen molar-refractivity contribution in [2.45, 2.75) is 73.3 Å². The second-order valence-corrected chi connectivity index (χ2v) is 6.61. The molecule has 19 heavy (non-hydrogen) atoms. The average molecular weight is 271 g/mol. The number of unbranched alkanes of at least 4 members (excludes halogenated alkanes) is 2. The lowest BCUT2D eigenvalue weighted by Gasteiger charge is -2.35. The minimum Gasteiger partial charge on any atom is -0.315 e. The molecule has 0 radical (unpaired) electrons. The monoisotopic (exact) mass is 270 g/mol. The smallest absolute Gasteiger partial charge is 0.0243 e. The SMILES string of the molecule is CCCCN(CCCC)C(CNCC(C)C)C(C)C. The fourth-order valence-corrected chi connectivity index (χ4v) is 2.47. The second kappa shape index (κ2) is 11.7. The zero-order chi connectivity index (χ0) is 14.7. The summed E-state index contributed by atoms with van der Waals surface area (Å²) >= 11 is 0. The van der Waals surface area contributed by atoms with Crippen LogP contribution in [0.2, 0.25) is 0 Å². The van der Waals surface area contributed by atoms with Crippen molar-refractivity contribution in [3.8, 4) is 0 Å². The Balaban J connectivity index is 4.36. The van der Waals surface area contributed by atoms with Crippen LogP contribution in [0.4, 0.5) is 0 Å². The van der Waals surface area contributed by atoms with E-state index in [9.17, 15) is 0 Å². The first kappa shape index (κ1) is 18.9. The highest BCUT2D eigenvalue weighted by Crippen LogP contribution is 2.13. The Labute approximate surface area is 122 Å². The van der Waals surface area contributed by atoms with Gasteiger partial charge in [0.1, 0.15) is 0 Å². The Morgan fingerprint density at radius 2 is 1.37 bits per heavy atom. The van der Waals surface area contributed by atoms with Crippen molar-refractivity contribution < 1.29 is 0 Å². The Hall–Kier alpha value is -0.0800. The van der Waals surface area contributed by atoms with Crippen LogP contribution in [0.25, 0.3) is 0 Å². The van der Waals surface area contributed by atoms with E-state index in [-0.39, 0.29) is 0 Å². The van der Waals surface area contributed by atoms with E-state index >= 15 is 0 Å². The van der Waals surface area contributed by atoms with Gasteiger partial charge in [-0.2, -0.15) is 0 Å². The van der Waals surface area contributed by atoms with Gasteiger partial charge >= 0.3 is 0 Å². The number of nitrogens with one attached hydrogen (secondary N) is 1. The Kier molecular flexibility index (Phi) is 11.7. The van der Waals surface area contributed by atoms with E-state index in [2.05, 4.69) is 51.8 Å². The zero-order valence-corrected chi connectivity index (χ0v) is 14.3. The van der Waals surface area contributed by atoms with Crippen LogP contribution >= 0.6 is 0 Å². The summed E-state index contributed by atoms with van der Waals surface area (Å²) in [5, 5.41) is 3.66. The van der Waals surface area contributed by atoms with Gasteiger partial charge in [0.2, 0.25) is 0 Å². The molecule has 0 aliphatic carbocycles. The number of hydrogen-bond donors (Lipinski definition) is 1. The lowest BCUT2D eigenvalue weighted by atomic mass is 10.0. The van der Waals surface area contributed by atoms with Crippen molar-refractivity contribution in [2.24, 2.45) is 11.8 Å². The lowest BCUT2D eigenvalue weighted by Crippen LogP contribution is -2.47. The fraction of sp³-hybridized carbons (Fsp3) is 1.00. The fourth-order valence-electron chi connectivity index (χ4n) is 2.47. The molecule has 0 fully saturated rings. The van der Waals surface area contributed by atoms with Crippen LogP contribution in [0.5, 0.6) is 0 Å². The molecule has 0 aliphatic rings. The first-order valence-electron chi connectivity index (χ1n) is 8.47. The summed E-state index contributed by atoms with van der Waals surface area (Å²) < 4.78 is 0. The molecule has 0 bridgehead atoms. The molecule has 0 aromatic heterocycles. The minimum absolute atomic E-state index is 0.692. The van der Waals surface area contributed by atoms with Crippen molar-refractivity contribution >= 4 is 0 Å². The van der Waals surface area contributed by atoms with Crippen LogP contribution < -0.4 is 5.32 Å². The summed E-state index contributed by atoms with van der Waals surface area (Å²) in [6.45, 7) is 18.7. The third-order valence-corrected chi connectivity index (χ3v) is 3.74. The molecule has 0 aromatic rings. The standard InChI is InChI=1S/C17H38N2/c1-7-9-11-19(12-10-8-2)17(16(5)6)14-18-13-15(3)4/h15-18H,7-14H2,1-6H3. The van der Waals surface area contributed by atoms with E-state index in [1.165, 1.54) is 38.8 Å². The third-order valence-electron chi connectivity index (χ3n) is 3.74. The molecule has 0 spiro atoms. The van der Waals surface area contributed by atoms with Crippen LogP contribution in [-0.2, 0) is 0 Å². The molecular formula is C17H38N2. The molecule has 0 aliphatic heterocycles. The van der Waals surface area contributed by atoms with E-state index in [4.69, 9.17) is 0 Å². The van der Waals surface area contributed by atoms with Crippen LogP contribution in [0.15, 0.2) is 0 Å². The van der Waals surface area contributed by atoms with Gasteiger partial charge in [-0.3, -0.25) is 4.90 Å². The topological polar surface area (TPSA) is 15.3 Å². The van der Waals surface area contributed by atoms with Gasteiger partial charge in [0.25, 0.3) is 0 Å². The summed E-state index contributed by atoms with van der Waals surface area (Å²) in [6, 6.07) is 0.692. The van der Waals surface area contributed by atoms with Gasteiger partial charge in [-0.15, -0.1) is 0 Å². The summed E-state index contributed by atoms with van der Waals surface area (Å²) in [4.78, 5) is 2.73. The maximum atomic E-state index is 3.66. The summed E-state index contributed by atoms with van der Waals surface area (Å²) in [5.41, 5.74) is 0. The normalized spacial score (nSPS) is 13.7. The Bertz CT molecular complexity index is 182. The van der Waals surface area contributed by atoms with Gasteiger partial charge in [0.05, 0.1) is 0 Å². The van der Waals surface area contributed by atoms with Crippen LogP contribution in [-0.4, -0.2) is 37.1 Å². The summed E-state index contributed by atoms with van der Waals surface area (Å²) in [6.07, 6.45) is 5.26. The zero-order valence-electron chi connectivity index (χ0n) is 14.3. The van der Waals surface area contributed by atoms with E-state index in [0.29, 0.717) is 6.04 Å². The molecule has 1 unspecified atom stereocenters. The molecule has 0 saturated carbocycles. The van der Waals surface area contributed by atoms with Crippen molar-refractivity contribution in [3.05, 3.63) is 0 Å². The Morgan fingerprint density at radius 1 is 0.842 bits per heavy atom. The highest BCUT2D eigenvalue weighted by Gasteiger charge is 2.20. The maximum Gasteiger partial charge on any atom is 0.0243 e. The van der Waals surface area contributed by atoms with Crippen molar-refractivity contribution in [1.82, 2.24) is 10.2 Å². The maximum absolute atomic E-state index is 3.66. The van der Waals surface area contributed by atoms with Crippen molar-refractivity contribution in [1.29, 1.82) is 0 Å². The highest BCUT2D eigenvalue weighted by molar-refractivity contribution is 4.77. The molecule has 2 heteroatoms. The largest absolute Gasteiger partial charge is 0.315 e. The van der Waals surface area contributed by atoms with Gasteiger partial charge in [-0.25, -0.2) is 0 Å². The van der Waals surface area contributed by atoms with Gasteiger partial charge in [0, 0.05) is 12.6 Å². The van der Waals surface area contributed by atoms with E-state index in [1.807, 2.05) is 0 Å². The van der Waals surface area contributed by atoms with Crippen molar-refractivity contribution in [2.75, 3.05) is 26.2 Å². The van der Waals surface area contributed by atoms with E-state index in [0.717, 1.165) is 24.9 Å². The first-order valence-corrected chi connectivity index (χ1v) is 8.47. The van der Waals surface area contributed by atoms with E-state index in [1.54, 1.807) is 0 Å². The molecule has 116 valence electrons. The summed E-state index contributed by atoms with van der Waals surface area (Å²) in [5.74, 6) is 1.47. The predicted octanol–water partition coefficient (Wildman–Crippen LogP) is 4.16.